The molecule has 0 saturated carbocycles. The first-order chi connectivity index (χ1) is 8.30. The first-order valence-electron chi connectivity index (χ1n) is 6.34. The van der Waals surface area contributed by atoms with Crippen LogP contribution in [0, 0.1) is 0 Å². The molecule has 1 N–H and O–H groups in total. The van der Waals surface area contributed by atoms with Gasteiger partial charge in [0.05, 0.1) is 6.61 Å². The Morgan fingerprint density at radius 2 is 1.76 bits per heavy atom. The normalized spacial score (nSPS) is 10.8. The maximum Gasteiger partial charge on any atom is 0.0635 e. The molecule has 0 aliphatic rings. The predicted octanol–water partition coefficient (Wildman–Crippen LogP) is 2.59. The van der Waals surface area contributed by atoms with Crippen LogP contribution in [0.3, 0.4) is 0 Å². The first-order valence-corrected chi connectivity index (χ1v) is 6.34. The lowest BCUT2D eigenvalue weighted by Crippen LogP contribution is -2.22. The van der Waals surface area contributed by atoms with Crippen molar-refractivity contribution in [3.8, 4) is 0 Å². The van der Waals surface area contributed by atoms with E-state index in [-0.39, 0.29) is 0 Å². The fourth-order valence-corrected chi connectivity index (χ4v) is 1.73. The Balaban J connectivity index is 2.44. The molecular formula is C14H24N2O. The van der Waals surface area contributed by atoms with Crippen LogP contribution in [-0.4, -0.2) is 38.3 Å². The number of benzene rings is 1. The van der Waals surface area contributed by atoms with E-state index in [9.17, 15) is 0 Å². The van der Waals surface area contributed by atoms with Crippen molar-refractivity contribution in [3.63, 3.8) is 0 Å². The average Bonchev–Trinajstić information content (AvgIpc) is 2.38. The van der Waals surface area contributed by atoms with Gasteiger partial charge in [-0.1, -0.05) is 26.0 Å². The number of methoxy groups -OCH3 is 1. The van der Waals surface area contributed by atoms with Gasteiger partial charge >= 0.3 is 0 Å². The second kappa shape index (κ2) is 8.09. The van der Waals surface area contributed by atoms with E-state index in [4.69, 9.17) is 4.74 Å². The molecule has 3 nitrogen and oxygen atoms in total. The zero-order valence-electron chi connectivity index (χ0n) is 11.2. The summed E-state index contributed by atoms with van der Waals surface area (Å²) in [6, 6.07) is 8.64. The molecule has 0 saturated heterocycles. The molecule has 1 rings (SSSR count). The number of ether oxygens (including phenoxy) is 1. The van der Waals surface area contributed by atoms with Gasteiger partial charge in [0.15, 0.2) is 0 Å². The molecule has 0 fully saturated rings. The summed E-state index contributed by atoms with van der Waals surface area (Å²) in [7, 11) is 1.72. The summed E-state index contributed by atoms with van der Waals surface area (Å²) in [4.78, 5) is 2.41. The van der Waals surface area contributed by atoms with Crippen LogP contribution in [0.1, 0.15) is 19.4 Å². The minimum Gasteiger partial charge on any atom is -0.383 e. The minimum absolute atomic E-state index is 0.737. The van der Waals surface area contributed by atoms with E-state index >= 15 is 0 Å². The molecule has 0 amide bonds. The number of hydrogen-bond acceptors (Lipinski definition) is 3. The van der Waals surface area contributed by atoms with E-state index in [0.717, 1.165) is 38.5 Å². The molecule has 0 aliphatic heterocycles. The van der Waals surface area contributed by atoms with Gasteiger partial charge in [-0.15, -0.1) is 0 Å². The van der Waals surface area contributed by atoms with Crippen molar-refractivity contribution in [2.45, 2.75) is 20.4 Å². The lowest BCUT2D eigenvalue weighted by atomic mass is 10.2. The van der Waals surface area contributed by atoms with Gasteiger partial charge in [-0.3, -0.25) is 4.90 Å². The third-order valence-electron chi connectivity index (χ3n) is 2.89. The van der Waals surface area contributed by atoms with Gasteiger partial charge < -0.3 is 10.1 Å². The van der Waals surface area contributed by atoms with Gasteiger partial charge in [0.2, 0.25) is 0 Å². The lowest BCUT2D eigenvalue weighted by molar-refractivity contribution is 0.211. The summed E-state index contributed by atoms with van der Waals surface area (Å²) in [6.07, 6.45) is 0. The molecule has 0 aromatic heterocycles. The lowest BCUT2D eigenvalue weighted by Gasteiger charge is -2.18. The van der Waals surface area contributed by atoms with Crippen molar-refractivity contribution in [1.82, 2.24) is 4.90 Å². The summed E-state index contributed by atoms with van der Waals surface area (Å²) in [5, 5.41) is 3.32. The first kappa shape index (κ1) is 14.0. The molecule has 0 radical (unpaired) electrons. The molecular weight excluding hydrogens is 212 g/mol. The standard InChI is InChI=1S/C14H24N2O/c1-4-16(5-2)12-13-6-8-14(9-7-13)15-10-11-17-3/h6-9,15H,4-5,10-12H2,1-3H3. The van der Waals surface area contributed by atoms with E-state index in [1.807, 2.05) is 0 Å². The van der Waals surface area contributed by atoms with Crippen LogP contribution in [0.4, 0.5) is 5.69 Å². The highest BCUT2D eigenvalue weighted by Crippen LogP contribution is 2.11. The van der Waals surface area contributed by atoms with E-state index < -0.39 is 0 Å². The Labute approximate surface area is 105 Å². The van der Waals surface area contributed by atoms with Gasteiger partial charge in [-0.05, 0) is 30.8 Å². The summed E-state index contributed by atoms with van der Waals surface area (Å²) >= 11 is 0. The smallest absolute Gasteiger partial charge is 0.0635 e. The number of nitrogens with zero attached hydrogens (tertiary/aromatic N) is 1. The zero-order valence-corrected chi connectivity index (χ0v) is 11.2. The minimum atomic E-state index is 0.737. The second-order valence-electron chi connectivity index (χ2n) is 4.08. The topological polar surface area (TPSA) is 24.5 Å². The van der Waals surface area contributed by atoms with Gasteiger partial charge in [-0.2, -0.15) is 0 Å². The molecule has 0 heterocycles. The van der Waals surface area contributed by atoms with E-state index in [1.54, 1.807) is 7.11 Å². The summed E-state index contributed by atoms with van der Waals surface area (Å²) < 4.78 is 5.00. The molecule has 0 spiro atoms. The molecule has 17 heavy (non-hydrogen) atoms. The van der Waals surface area contributed by atoms with Gasteiger partial charge in [-0.25, -0.2) is 0 Å². The molecule has 1 aromatic carbocycles. The van der Waals surface area contributed by atoms with Crippen LogP contribution >= 0.6 is 0 Å². The fraction of sp³-hybridized carbons (Fsp3) is 0.571. The molecule has 0 bridgehead atoms. The summed E-state index contributed by atoms with van der Waals surface area (Å²) in [6.45, 7) is 9.22. The van der Waals surface area contributed by atoms with E-state index in [1.165, 1.54) is 5.56 Å². The third kappa shape index (κ3) is 5.20. The average molecular weight is 236 g/mol. The van der Waals surface area contributed by atoms with Crippen molar-refractivity contribution >= 4 is 5.69 Å². The SMILES string of the molecule is CCN(CC)Cc1ccc(NCCOC)cc1. The van der Waals surface area contributed by atoms with Gasteiger partial charge in [0.1, 0.15) is 0 Å². The van der Waals surface area contributed by atoms with Crippen molar-refractivity contribution in [1.29, 1.82) is 0 Å². The molecule has 0 aliphatic carbocycles. The number of nitrogens with one attached hydrogen (secondary N) is 1. The van der Waals surface area contributed by atoms with Crippen molar-refractivity contribution in [2.75, 3.05) is 38.7 Å². The van der Waals surface area contributed by atoms with Crippen LogP contribution < -0.4 is 5.32 Å². The quantitative estimate of drug-likeness (QED) is 0.702. The highest BCUT2D eigenvalue weighted by Gasteiger charge is 2.00. The van der Waals surface area contributed by atoms with Crippen LogP contribution in [0.5, 0.6) is 0 Å². The number of rotatable bonds is 8. The number of anilines is 1. The Kier molecular flexibility index (Phi) is 6.67. The Bertz CT molecular complexity index is 294. The molecule has 0 atom stereocenters. The monoisotopic (exact) mass is 236 g/mol. The molecule has 0 unspecified atom stereocenters. The largest absolute Gasteiger partial charge is 0.383 e. The van der Waals surface area contributed by atoms with Crippen LogP contribution in [0.2, 0.25) is 0 Å². The van der Waals surface area contributed by atoms with Gasteiger partial charge in [0, 0.05) is 25.9 Å². The van der Waals surface area contributed by atoms with Crippen LogP contribution in [0.15, 0.2) is 24.3 Å². The van der Waals surface area contributed by atoms with Crippen LogP contribution in [0.25, 0.3) is 0 Å². The summed E-state index contributed by atoms with van der Waals surface area (Å²) in [5.74, 6) is 0. The summed E-state index contributed by atoms with van der Waals surface area (Å²) in [5.41, 5.74) is 2.52. The molecule has 96 valence electrons. The Morgan fingerprint density at radius 3 is 2.29 bits per heavy atom. The van der Waals surface area contributed by atoms with Crippen molar-refractivity contribution in [2.24, 2.45) is 0 Å². The third-order valence-corrected chi connectivity index (χ3v) is 2.89. The Morgan fingerprint density at radius 1 is 1.12 bits per heavy atom. The fourth-order valence-electron chi connectivity index (χ4n) is 1.73. The molecule has 3 heteroatoms. The predicted molar refractivity (Wildman–Crippen MR) is 73.4 cm³/mol. The highest BCUT2D eigenvalue weighted by atomic mass is 16.5. The maximum atomic E-state index is 5.00. The van der Waals surface area contributed by atoms with Crippen molar-refractivity contribution < 1.29 is 4.74 Å². The number of hydrogen-bond donors (Lipinski definition) is 1. The maximum absolute atomic E-state index is 5.00. The van der Waals surface area contributed by atoms with Gasteiger partial charge in [0.25, 0.3) is 0 Å². The van der Waals surface area contributed by atoms with Crippen LogP contribution in [-0.2, 0) is 11.3 Å². The van der Waals surface area contributed by atoms with E-state index in [0.29, 0.717) is 0 Å². The van der Waals surface area contributed by atoms with Crippen molar-refractivity contribution in [3.05, 3.63) is 29.8 Å². The highest BCUT2D eigenvalue weighted by molar-refractivity contribution is 5.44. The Hall–Kier alpha value is -1.06. The zero-order chi connectivity index (χ0) is 12.5. The molecule has 1 aromatic rings. The second-order valence-corrected chi connectivity index (χ2v) is 4.08. The van der Waals surface area contributed by atoms with E-state index in [2.05, 4.69) is 48.3 Å².